The molecule has 0 radical (unpaired) electrons. The van der Waals surface area contributed by atoms with E-state index in [1.807, 2.05) is 25.1 Å². The van der Waals surface area contributed by atoms with Gasteiger partial charge in [-0.3, -0.25) is 14.6 Å². The summed E-state index contributed by atoms with van der Waals surface area (Å²) in [6.45, 7) is 10.6. The van der Waals surface area contributed by atoms with Gasteiger partial charge in [0.25, 0.3) is 0 Å². The lowest BCUT2D eigenvalue weighted by Crippen LogP contribution is -2.51. The molecule has 0 spiro atoms. The lowest BCUT2D eigenvalue weighted by Gasteiger charge is -2.38. The van der Waals surface area contributed by atoms with Crippen molar-refractivity contribution in [3.63, 3.8) is 0 Å². The molecule has 0 aliphatic carbocycles. The van der Waals surface area contributed by atoms with Crippen molar-refractivity contribution in [2.24, 2.45) is 0 Å². The van der Waals surface area contributed by atoms with E-state index in [0.29, 0.717) is 12.6 Å². The Morgan fingerprint density at radius 2 is 1.97 bits per heavy atom. The average Bonchev–Trinajstić information content (AvgIpc) is 3.12. The van der Waals surface area contributed by atoms with Crippen molar-refractivity contribution in [3.05, 3.63) is 23.8 Å². The molecule has 3 rings (SSSR count). The van der Waals surface area contributed by atoms with Gasteiger partial charge in [-0.2, -0.15) is 0 Å². The zero-order valence-electron chi connectivity index (χ0n) is 19.0. The number of hydrogen-bond acceptors (Lipinski definition) is 6. The van der Waals surface area contributed by atoms with Crippen LogP contribution < -0.4 is 14.8 Å². The van der Waals surface area contributed by atoms with Gasteiger partial charge in [0.2, 0.25) is 5.91 Å². The number of carbonyl (C=O) groups is 1. The highest BCUT2D eigenvalue weighted by Gasteiger charge is 2.31. The lowest BCUT2D eigenvalue weighted by molar-refractivity contribution is -0.123. The quantitative estimate of drug-likeness (QED) is 0.698. The molecular formula is C23H37N3O4. The predicted octanol–water partition coefficient (Wildman–Crippen LogP) is 2.45. The minimum atomic E-state index is -0.162. The first-order valence-corrected chi connectivity index (χ1v) is 11.0. The number of hydrogen-bond donors (Lipinski definition) is 1. The summed E-state index contributed by atoms with van der Waals surface area (Å²) in [6.07, 6.45) is 2.83. The third-order valence-electron chi connectivity index (χ3n) is 6.09. The molecular weight excluding hydrogens is 382 g/mol. The van der Waals surface area contributed by atoms with Crippen LogP contribution in [0, 0.1) is 0 Å². The molecule has 2 aliphatic rings. The van der Waals surface area contributed by atoms with Crippen molar-refractivity contribution in [3.8, 4) is 11.5 Å². The third-order valence-corrected chi connectivity index (χ3v) is 6.09. The van der Waals surface area contributed by atoms with Gasteiger partial charge in [0, 0.05) is 31.2 Å². The second kappa shape index (κ2) is 10.5. The topological polar surface area (TPSA) is 63.3 Å². The molecule has 1 aromatic rings. The van der Waals surface area contributed by atoms with Gasteiger partial charge in [0.05, 0.1) is 39.0 Å². The van der Waals surface area contributed by atoms with Crippen LogP contribution in [0.1, 0.15) is 45.2 Å². The number of ether oxygens (including phenoxy) is 3. The van der Waals surface area contributed by atoms with E-state index >= 15 is 0 Å². The summed E-state index contributed by atoms with van der Waals surface area (Å²) < 4.78 is 16.7. The van der Waals surface area contributed by atoms with Gasteiger partial charge in [-0.25, -0.2) is 0 Å². The van der Waals surface area contributed by atoms with E-state index in [0.717, 1.165) is 56.1 Å². The molecule has 1 aromatic carbocycles. The molecule has 0 aromatic heterocycles. The molecule has 7 nitrogen and oxygen atoms in total. The molecule has 1 amide bonds. The van der Waals surface area contributed by atoms with E-state index in [2.05, 4.69) is 29.0 Å². The molecule has 7 heteroatoms. The van der Waals surface area contributed by atoms with Crippen LogP contribution in [0.2, 0.25) is 0 Å². The van der Waals surface area contributed by atoms with Gasteiger partial charge in [0.15, 0.2) is 0 Å². The zero-order chi connectivity index (χ0) is 21.7. The van der Waals surface area contributed by atoms with Gasteiger partial charge in [0.1, 0.15) is 11.5 Å². The molecule has 2 heterocycles. The van der Waals surface area contributed by atoms with Crippen molar-refractivity contribution in [2.75, 3.05) is 46.9 Å². The maximum Gasteiger partial charge on any atom is 0.234 e. The Morgan fingerprint density at radius 1 is 1.23 bits per heavy atom. The van der Waals surface area contributed by atoms with E-state index in [1.54, 1.807) is 14.2 Å². The van der Waals surface area contributed by atoms with Crippen LogP contribution in [0.15, 0.2) is 18.2 Å². The number of benzene rings is 1. The Balaban J connectivity index is 1.56. The van der Waals surface area contributed by atoms with E-state index in [4.69, 9.17) is 14.2 Å². The van der Waals surface area contributed by atoms with E-state index in [1.165, 1.54) is 0 Å². The highest BCUT2D eigenvalue weighted by molar-refractivity contribution is 5.78. The van der Waals surface area contributed by atoms with Crippen LogP contribution in [-0.4, -0.2) is 80.9 Å². The minimum absolute atomic E-state index is 0.0444. The molecule has 2 fully saturated rings. The Morgan fingerprint density at radius 3 is 2.63 bits per heavy atom. The summed E-state index contributed by atoms with van der Waals surface area (Å²) in [5.74, 6) is 1.54. The van der Waals surface area contributed by atoms with Gasteiger partial charge in [-0.1, -0.05) is 0 Å². The van der Waals surface area contributed by atoms with Crippen molar-refractivity contribution in [1.82, 2.24) is 15.1 Å². The fraction of sp³-hybridized carbons (Fsp3) is 0.696. The maximum absolute atomic E-state index is 12.8. The Kier molecular flexibility index (Phi) is 7.97. The maximum atomic E-state index is 12.8. The largest absolute Gasteiger partial charge is 0.497 e. The fourth-order valence-electron chi connectivity index (χ4n) is 4.77. The van der Waals surface area contributed by atoms with Crippen LogP contribution in [-0.2, 0) is 9.53 Å². The van der Waals surface area contributed by atoms with Crippen LogP contribution in [0.3, 0.4) is 0 Å². The first-order valence-electron chi connectivity index (χ1n) is 11.0. The smallest absolute Gasteiger partial charge is 0.234 e. The SMILES string of the molecule is COc1ccc(OC)c([C@H](C)NC(=O)CN2CCC[C@@H]2CN2C[C@@H](C)O[C@@H](C)C2)c1. The molecule has 1 N–H and O–H groups in total. The van der Waals surface area contributed by atoms with E-state index in [-0.39, 0.29) is 24.2 Å². The highest BCUT2D eigenvalue weighted by Crippen LogP contribution is 2.29. The Bertz CT molecular complexity index is 704. The summed E-state index contributed by atoms with van der Waals surface area (Å²) in [5.41, 5.74) is 0.916. The fourth-order valence-corrected chi connectivity index (χ4v) is 4.77. The number of nitrogens with one attached hydrogen (secondary N) is 1. The Labute approximate surface area is 180 Å². The highest BCUT2D eigenvalue weighted by atomic mass is 16.5. The van der Waals surface area contributed by atoms with Gasteiger partial charge in [-0.15, -0.1) is 0 Å². The summed E-state index contributed by atoms with van der Waals surface area (Å²) in [4.78, 5) is 17.6. The zero-order valence-corrected chi connectivity index (χ0v) is 19.0. The molecule has 0 saturated carbocycles. The minimum Gasteiger partial charge on any atom is -0.497 e. The second-order valence-electron chi connectivity index (χ2n) is 8.64. The molecule has 0 bridgehead atoms. The number of rotatable bonds is 8. The summed E-state index contributed by atoms with van der Waals surface area (Å²) in [6, 6.07) is 5.92. The number of likely N-dealkylation sites (tertiary alicyclic amines) is 1. The standard InChI is InChI=1S/C23H37N3O4/c1-16-12-25(13-17(2)30-16)14-19-7-6-10-26(19)15-23(27)24-18(3)21-11-20(28-4)8-9-22(21)29-5/h8-9,11,16-19H,6-7,10,12-15H2,1-5H3,(H,24,27)/t16-,17+,18-,19+/m0/s1. The first kappa shape index (κ1) is 22.8. The molecule has 2 aliphatic heterocycles. The second-order valence-corrected chi connectivity index (χ2v) is 8.64. The number of morpholine rings is 1. The predicted molar refractivity (Wildman–Crippen MR) is 117 cm³/mol. The van der Waals surface area contributed by atoms with Crippen LogP contribution in [0.25, 0.3) is 0 Å². The van der Waals surface area contributed by atoms with Crippen molar-refractivity contribution < 1.29 is 19.0 Å². The van der Waals surface area contributed by atoms with Crippen LogP contribution in [0.4, 0.5) is 0 Å². The van der Waals surface area contributed by atoms with E-state index in [9.17, 15) is 4.79 Å². The van der Waals surface area contributed by atoms with Crippen LogP contribution in [0.5, 0.6) is 11.5 Å². The number of carbonyl (C=O) groups excluding carboxylic acids is 1. The monoisotopic (exact) mass is 419 g/mol. The molecule has 0 unspecified atom stereocenters. The first-order chi connectivity index (χ1) is 14.4. The van der Waals surface area contributed by atoms with Gasteiger partial charge < -0.3 is 19.5 Å². The Hall–Kier alpha value is -1.83. The molecule has 30 heavy (non-hydrogen) atoms. The van der Waals surface area contributed by atoms with E-state index < -0.39 is 0 Å². The summed E-state index contributed by atoms with van der Waals surface area (Å²) in [5, 5.41) is 3.14. The van der Waals surface area contributed by atoms with Crippen molar-refractivity contribution >= 4 is 5.91 Å². The average molecular weight is 420 g/mol. The van der Waals surface area contributed by atoms with Gasteiger partial charge >= 0.3 is 0 Å². The van der Waals surface area contributed by atoms with Gasteiger partial charge in [-0.05, 0) is 58.4 Å². The molecule has 2 saturated heterocycles. The summed E-state index contributed by atoms with van der Waals surface area (Å²) in [7, 11) is 3.28. The normalized spacial score (nSPS) is 26.4. The third kappa shape index (κ3) is 5.86. The number of methoxy groups -OCH3 is 2. The number of amides is 1. The molecule has 168 valence electrons. The number of nitrogens with zero attached hydrogens (tertiary/aromatic N) is 2. The van der Waals surface area contributed by atoms with Crippen LogP contribution >= 0.6 is 0 Å². The lowest BCUT2D eigenvalue weighted by atomic mass is 10.1. The van der Waals surface area contributed by atoms with Crippen molar-refractivity contribution in [1.29, 1.82) is 0 Å². The molecule has 4 atom stereocenters. The summed E-state index contributed by atoms with van der Waals surface area (Å²) >= 11 is 0. The van der Waals surface area contributed by atoms with Crippen molar-refractivity contribution in [2.45, 2.75) is 57.9 Å².